The minimum atomic E-state index is -4.65. The third-order valence-electron chi connectivity index (χ3n) is 4.29. The molecule has 2 N–H and O–H groups in total. The maximum Gasteiger partial charge on any atom is 0.417 e. The molecule has 1 heterocycles. The number of aryl methyl sites for hydroxylation is 1. The van der Waals surface area contributed by atoms with E-state index in [1.165, 1.54) is 49.1 Å². The third kappa shape index (κ3) is 5.92. The van der Waals surface area contributed by atoms with E-state index in [-0.39, 0.29) is 11.3 Å². The second-order valence-corrected chi connectivity index (χ2v) is 7.08. The number of carbonyl (C=O) groups excluding carboxylic acids is 2. The number of amides is 2. The van der Waals surface area contributed by atoms with Crippen LogP contribution in [0, 0.1) is 6.92 Å². The zero-order chi connectivity index (χ0) is 23.3. The molecule has 2 amide bonds. The van der Waals surface area contributed by atoms with E-state index >= 15 is 0 Å². The summed E-state index contributed by atoms with van der Waals surface area (Å²) in [5.74, 6) is -1.09. The maximum atomic E-state index is 13.0. The number of hydrogen-bond donors (Lipinski definition) is 2. The van der Waals surface area contributed by atoms with E-state index in [0.717, 1.165) is 12.1 Å². The van der Waals surface area contributed by atoms with E-state index in [1.54, 1.807) is 13.0 Å². The van der Waals surface area contributed by atoms with Crippen molar-refractivity contribution in [2.24, 2.45) is 0 Å². The molecule has 0 aliphatic heterocycles. The summed E-state index contributed by atoms with van der Waals surface area (Å²) >= 11 is 5.60. The smallest absolute Gasteiger partial charge is 0.322 e. The van der Waals surface area contributed by atoms with Crippen molar-refractivity contribution in [2.75, 3.05) is 10.6 Å². The highest BCUT2D eigenvalue weighted by Gasteiger charge is 2.33. The predicted molar refractivity (Wildman–Crippen MR) is 115 cm³/mol. The van der Waals surface area contributed by atoms with Gasteiger partial charge in [-0.05, 0) is 48.9 Å². The molecule has 32 heavy (non-hydrogen) atoms. The number of anilines is 2. The summed E-state index contributed by atoms with van der Waals surface area (Å²) in [6.07, 6.45) is 2.60. The van der Waals surface area contributed by atoms with Crippen LogP contribution in [0.5, 0.6) is 0 Å². The molecule has 0 bridgehead atoms. The lowest BCUT2D eigenvalue weighted by molar-refractivity contribution is -0.137. The Morgan fingerprint density at radius 1 is 1.03 bits per heavy atom. The van der Waals surface area contributed by atoms with Crippen LogP contribution < -0.4 is 10.6 Å². The molecular weight excluding hydrogens is 445 g/mol. The first-order valence-electron chi connectivity index (χ1n) is 9.16. The molecule has 164 valence electrons. The SMILES string of the molecule is Cc1ccc(C(=O)Nc2ccc(Cl)c(C(F)(F)F)c2)cc1NC(=O)/C=C/c1cncnc1. The average molecular weight is 461 g/mol. The van der Waals surface area contributed by atoms with Gasteiger partial charge in [0.25, 0.3) is 5.91 Å². The zero-order valence-electron chi connectivity index (χ0n) is 16.6. The highest BCUT2D eigenvalue weighted by atomic mass is 35.5. The fourth-order valence-corrected chi connectivity index (χ4v) is 2.89. The molecule has 0 spiro atoms. The second kappa shape index (κ2) is 9.61. The fraction of sp³-hybridized carbons (Fsp3) is 0.0909. The number of rotatable bonds is 5. The van der Waals surface area contributed by atoms with Gasteiger partial charge in [-0.2, -0.15) is 13.2 Å². The molecule has 0 saturated heterocycles. The Kier molecular flexibility index (Phi) is 6.89. The molecular formula is C22H16ClF3N4O2. The van der Waals surface area contributed by atoms with Crippen molar-refractivity contribution in [1.82, 2.24) is 9.97 Å². The summed E-state index contributed by atoms with van der Waals surface area (Å²) in [4.78, 5) is 32.5. The number of aromatic nitrogens is 2. The van der Waals surface area contributed by atoms with Crippen LogP contribution in [0.1, 0.15) is 27.0 Å². The van der Waals surface area contributed by atoms with E-state index in [0.29, 0.717) is 16.8 Å². The molecule has 6 nitrogen and oxygen atoms in total. The van der Waals surface area contributed by atoms with Gasteiger partial charge in [0.2, 0.25) is 5.91 Å². The van der Waals surface area contributed by atoms with Crippen LogP contribution in [-0.2, 0) is 11.0 Å². The quantitative estimate of drug-likeness (QED) is 0.502. The van der Waals surface area contributed by atoms with Crippen molar-refractivity contribution in [2.45, 2.75) is 13.1 Å². The van der Waals surface area contributed by atoms with Crippen LogP contribution in [0.3, 0.4) is 0 Å². The van der Waals surface area contributed by atoms with Crippen LogP contribution in [-0.4, -0.2) is 21.8 Å². The monoisotopic (exact) mass is 460 g/mol. The summed E-state index contributed by atoms with van der Waals surface area (Å²) < 4.78 is 39.1. The number of nitrogens with one attached hydrogen (secondary N) is 2. The largest absolute Gasteiger partial charge is 0.417 e. The number of hydrogen-bond acceptors (Lipinski definition) is 4. The summed E-state index contributed by atoms with van der Waals surface area (Å²) in [7, 11) is 0. The van der Waals surface area contributed by atoms with Gasteiger partial charge in [-0.15, -0.1) is 0 Å². The Morgan fingerprint density at radius 2 is 1.75 bits per heavy atom. The number of nitrogens with zero attached hydrogens (tertiary/aromatic N) is 2. The van der Waals surface area contributed by atoms with Crippen molar-refractivity contribution in [3.8, 4) is 0 Å². The molecule has 10 heteroatoms. The lowest BCUT2D eigenvalue weighted by atomic mass is 10.1. The van der Waals surface area contributed by atoms with Gasteiger partial charge in [0.1, 0.15) is 6.33 Å². The Balaban J connectivity index is 1.74. The third-order valence-corrected chi connectivity index (χ3v) is 4.62. The highest BCUT2D eigenvalue weighted by molar-refractivity contribution is 6.31. The maximum absolute atomic E-state index is 13.0. The van der Waals surface area contributed by atoms with Crippen LogP contribution >= 0.6 is 11.6 Å². The summed E-state index contributed by atoms with van der Waals surface area (Å²) in [6, 6.07) is 7.63. The van der Waals surface area contributed by atoms with Gasteiger partial charge in [-0.1, -0.05) is 17.7 Å². The molecule has 0 fully saturated rings. The number of benzene rings is 2. The average Bonchev–Trinajstić information content (AvgIpc) is 2.75. The lowest BCUT2D eigenvalue weighted by Crippen LogP contribution is -2.15. The standard InChI is InChI=1S/C22H16ClF3N4O2/c1-13-2-4-15(8-19(13)30-20(31)7-3-14-10-27-12-28-11-14)21(32)29-16-5-6-18(23)17(9-16)22(24,25)26/h2-12H,1H3,(H,29,32)(H,30,31)/b7-3+. The molecule has 0 saturated carbocycles. The van der Waals surface area contributed by atoms with E-state index in [2.05, 4.69) is 20.6 Å². The fourth-order valence-electron chi connectivity index (χ4n) is 2.66. The van der Waals surface area contributed by atoms with Crippen molar-refractivity contribution in [3.63, 3.8) is 0 Å². The number of carbonyl (C=O) groups is 2. The molecule has 1 aromatic heterocycles. The second-order valence-electron chi connectivity index (χ2n) is 6.67. The van der Waals surface area contributed by atoms with E-state index in [9.17, 15) is 22.8 Å². The summed E-state index contributed by atoms with van der Waals surface area (Å²) in [5.41, 5.74) is 0.736. The molecule has 0 radical (unpaired) electrons. The Bertz CT molecular complexity index is 1180. The van der Waals surface area contributed by atoms with Crippen molar-refractivity contribution >= 4 is 40.9 Å². The molecule has 0 aliphatic rings. The molecule has 3 rings (SSSR count). The highest BCUT2D eigenvalue weighted by Crippen LogP contribution is 2.36. The first-order chi connectivity index (χ1) is 15.1. The number of halogens is 4. The van der Waals surface area contributed by atoms with Crippen molar-refractivity contribution < 1.29 is 22.8 Å². The minimum Gasteiger partial charge on any atom is -0.322 e. The number of alkyl halides is 3. The normalized spacial score (nSPS) is 11.4. The van der Waals surface area contributed by atoms with E-state index in [1.807, 2.05) is 0 Å². The van der Waals surface area contributed by atoms with Gasteiger partial charge in [0.05, 0.1) is 10.6 Å². The van der Waals surface area contributed by atoms with Crippen molar-refractivity contribution in [3.05, 3.63) is 88.5 Å². The minimum absolute atomic E-state index is 0.0640. The summed E-state index contributed by atoms with van der Waals surface area (Å²) in [5, 5.41) is 4.60. The van der Waals surface area contributed by atoms with Crippen LogP contribution in [0.15, 0.2) is 61.2 Å². The van der Waals surface area contributed by atoms with E-state index in [4.69, 9.17) is 11.6 Å². The molecule has 0 unspecified atom stereocenters. The van der Waals surface area contributed by atoms with Gasteiger partial charge in [0, 0.05) is 41.0 Å². The Labute approximate surface area is 186 Å². The molecule has 0 atom stereocenters. The molecule has 2 aromatic carbocycles. The first-order valence-corrected chi connectivity index (χ1v) is 9.54. The van der Waals surface area contributed by atoms with Gasteiger partial charge in [-0.25, -0.2) is 9.97 Å². The first kappa shape index (κ1) is 23.0. The Hall–Kier alpha value is -3.72. The van der Waals surface area contributed by atoms with Gasteiger partial charge in [0.15, 0.2) is 0 Å². The topological polar surface area (TPSA) is 84.0 Å². The predicted octanol–water partition coefficient (Wildman–Crippen LogP) is 5.36. The van der Waals surface area contributed by atoms with Crippen LogP contribution in [0.4, 0.5) is 24.5 Å². The molecule has 3 aromatic rings. The Morgan fingerprint density at radius 3 is 2.44 bits per heavy atom. The van der Waals surface area contributed by atoms with Gasteiger partial charge < -0.3 is 10.6 Å². The van der Waals surface area contributed by atoms with Crippen LogP contribution in [0.25, 0.3) is 6.08 Å². The van der Waals surface area contributed by atoms with Gasteiger partial charge >= 0.3 is 6.18 Å². The van der Waals surface area contributed by atoms with Crippen molar-refractivity contribution in [1.29, 1.82) is 0 Å². The van der Waals surface area contributed by atoms with Gasteiger partial charge in [-0.3, -0.25) is 9.59 Å². The summed E-state index contributed by atoms with van der Waals surface area (Å²) in [6.45, 7) is 1.74. The zero-order valence-corrected chi connectivity index (χ0v) is 17.3. The van der Waals surface area contributed by atoms with E-state index < -0.39 is 28.6 Å². The molecule has 0 aliphatic carbocycles. The van der Waals surface area contributed by atoms with Crippen LogP contribution in [0.2, 0.25) is 5.02 Å². The lowest BCUT2D eigenvalue weighted by Gasteiger charge is -2.13.